The second-order valence-corrected chi connectivity index (χ2v) is 14.5. The molecular weight excluding hydrogens is 720 g/mol. The third kappa shape index (κ3) is 14.3. The van der Waals surface area contributed by atoms with Gasteiger partial charge in [-0.15, -0.1) is 0 Å². The molecule has 1 unspecified atom stereocenters. The van der Waals surface area contributed by atoms with Crippen LogP contribution in [0.15, 0.2) is 65.8 Å². The Balaban J connectivity index is 1.39. The second-order valence-electron chi connectivity index (χ2n) is 14.5. The van der Waals surface area contributed by atoms with Gasteiger partial charge < -0.3 is 24.8 Å². The Kier molecular flexibility index (Phi) is 17.2. The van der Waals surface area contributed by atoms with Crippen molar-refractivity contribution in [2.45, 2.75) is 78.8 Å². The van der Waals surface area contributed by atoms with Gasteiger partial charge in [-0.3, -0.25) is 33.8 Å². The van der Waals surface area contributed by atoms with Gasteiger partial charge in [0, 0.05) is 58.7 Å². The fraction of sp³-hybridized carbons (Fsp3) is 0.488. The van der Waals surface area contributed by atoms with Gasteiger partial charge in [0.05, 0.1) is 18.9 Å². The molecule has 0 fully saturated rings. The van der Waals surface area contributed by atoms with Gasteiger partial charge in [-0.05, 0) is 93.5 Å². The van der Waals surface area contributed by atoms with Crippen LogP contribution in [-0.4, -0.2) is 115 Å². The predicted molar refractivity (Wildman–Crippen MR) is 211 cm³/mol. The minimum atomic E-state index is -1.29. The number of carbonyl (C=O) groups excluding carboxylic acids is 6. The van der Waals surface area contributed by atoms with E-state index < -0.39 is 17.5 Å². The summed E-state index contributed by atoms with van der Waals surface area (Å²) in [6.45, 7) is 12.1. The Bertz CT molecular complexity index is 1720. The molecule has 2 aromatic carbocycles. The summed E-state index contributed by atoms with van der Waals surface area (Å²) in [7, 11) is 3.02. The Morgan fingerprint density at radius 1 is 0.875 bits per heavy atom. The maximum atomic E-state index is 13.5. The van der Waals surface area contributed by atoms with Crippen molar-refractivity contribution in [3.8, 4) is 11.5 Å². The number of benzene rings is 2. The number of nitrogens with zero attached hydrogens (tertiary/aromatic N) is 4. The largest absolute Gasteiger partial charge is 0.491 e. The van der Waals surface area contributed by atoms with Crippen LogP contribution in [0.3, 0.4) is 0 Å². The average molecular weight is 777 g/mol. The first-order valence-corrected chi connectivity index (χ1v) is 18.7. The summed E-state index contributed by atoms with van der Waals surface area (Å²) in [5.74, 6) is -0.0159. The fourth-order valence-electron chi connectivity index (χ4n) is 5.78. The lowest BCUT2D eigenvalue weighted by Gasteiger charge is -2.35. The second kappa shape index (κ2) is 21.5. The summed E-state index contributed by atoms with van der Waals surface area (Å²) in [5, 5.41) is 11.4. The molecule has 0 saturated carbocycles. The molecule has 3 rings (SSSR count). The van der Waals surface area contributed by atoms with Crippen LogP contribution < -0.4 is 20.1 Å². The van der Waals surface area contributed by atoms with Crippen LogP contribution in [0.25, 0.3) is 0 Å². The van der Waals surface area contributed by atoms with Crippen LogP contribution in [0, 0.1) is 5.92 Å². The van der Waals surface area contributed by atoms with E-state index in [0.29, 0.717) is 42.5 Å². The quantitative estimate of drug-likeness (QED) is 0.0819. The molecule has 0 aromatic heterocycles. The van der Waals surface area contributed by atoms with E-state index in [2.05, 4.69) is 29.6 Å². The highest BCUT2D eigenvalue weighted by Crippen LogP contribution is 2.21. The number of amides is 6. The van der Waals surface area contributed by atoms with Gasteiger partial charge in [0.15, 0.2) is 0 Å². The van der Waals surface area contributed by atoms with Gasteiger partial charge in [0.1, 0.15) is 23.6 Å². The lowest BCUT2D eigenvalue weighted by atomic mass is 9.97. The standard InChI is InChI=1S/C41H56N6O9/c1-28(2)26-33(43-30(4)48)27-31-10-14-35(15-11-31)56-40(53)45(7)41(5,6)39(52)46(8)44-29(3)32-12-16-34(17-13-32)55-25-24-54-23-20-36(49)42-21-9-22-47-37(50)18-19-38(47)51/h10-19,28,33H,9,20-27H2,1-8H3,(H,42,49)(H,43,48)/b44-29+. The van der Waals surface area contributed by atoms with Crippen molar-refractivity contribution in [3.05, 3.63) is 71.8 Å². The molecule has 304 valence electrons. The number of nitrogens with one attached hydrogen (secondary N) is 2. The van der Waals surface area contributed by atoms with E-state index in [1.54, 1.807) is 45.0 Å². The smallest absolute Gasteiger partial charge is 0.415 e. The maximum absolute atomic E-state index is 13.5. The van der Waals surface area contributed by atoms with Crippen molar-refractivity contribution in [3.63, 3.8) is 0 Å². The molecule has 1 aliphatic rings. The highest BCUT2D eigenvalue weighted by Gasteiger charge is 2.39. The number of hydrazone groups is 1. The van der Waals surface area contributed by atoms with Gasteiger partial charge in [-0.2, -0.15) is 5.10 Å². The Labute approximate surface area is 329 Å². The van der Waals surface area contributed by atoms with E-state index in [-0.39, 0.29) is 62.5 Å². The van der Waals surface area contributed by atoms with Gasteiger partial charge in [0.25, 0.3) is 17.7 Å². The number of likely N-dealkylation sites (N-methyl/N-ethyl adjacent to an activating group) is 2. The third-order valence-electron chi connectivity index (χ3n) is 9.03. The molecule has 1 heterocycles. The zero-order valence-corrected chi connectivity index (χ0v) is 33.8. The number of rotatable bonds is 21. The van der Waals surface area contributed by atoms with E-state index in [9.17, 15) is 28.8 Å². The topological polar surface area (TPSA) is 176 Å². The van der Waals surface area contributed by atoms with Crippen molar-refractivity contribution in [1.29, 1.82) is 0 Å². The van der Waals surface area contributed by atoms with Crippen molar-refractivity contribution < 1.29 is 43.0 Å². The van der Waals surface area contributed by atoms with Crippen LogP contribution in [-0.2, 0) is 35.1 Å². The molecule has 6 amide bonds. The number of ether oxygens (including phenoxy) is 3. The molecule has 1 atom stereocenters. The molecule has 2 N–H and O–H groups in total. The first-order chi connectivity index (χ1) is 26.5. The summed E-state index contributed by atoms with van der Waals surface area (Å²) in [6, 6.07) is 14.3. The van der Waals surface area contributed by atoms with Crippen molar-refractivity contribution in [2.24, 2.45) is 11.0 Å². The van der Waals surface area contributed by atoms with Crippen LogP contribution in [0.5, 0.6) is 11.5 Å². The summed E-state index contributed by atoms with van der Waals surface area (Å²) in [4.78, 5) is 75.7. The van der Waals surface area contributed by atoms with Gasteiger partial charge in [0.2, 0.25) is 11.8 Å². The monoisotopic (exact) mass is 776 g/mol. The molecule has 15 nitrogen and oxygen atoms in total. The highest BCUT2D eigenvalue weighted by molar-refractivity contribution is 6.12. The number of hydrogen-bond donors (Lipinski definition) is 2. The fourth-order valence-corrected chi connectivity index (χ4v) is 5.78. The zero-order valence-electron chi connectivity index (χ0n) is 33.8. The SMILES string of the molecule is CC(=O)NC(Cc1ccc(OC(=O)N(C)C(C)(C)C(=O)N(C)/N=C(\C)c2ccc(OCCOCCC(=O)NCCCN3C(=O)C=CC3=O)cc2)cc1)CC(C)C. The van der Waals surface area contributed by atoms with Gasteiger partial charge in [-0.25, -0.2) is 9.80 Å². The average Bonchev–Trinajstić information content (AvgIpc) is 3.46. The van der Waals surface area contributed by atoms with Crippen molar-refractivity contribution in [1.82, 2.24) is 25.4 Å². The third-order valence-corrected chi connectivity index (χ3v) is 9.03. The van der Waals surface area contributed by atoms with E-state index >= 15 is 0 Å². The molecule has 0 bridgehead atoms. The normalized spacial score (nSPS) is 13.4. The molecule has 0 spiro atoms. The highest BCUT2D eigenvalue weighted by atomic mass is 16.6. The maximum Gasteiger partial charge on any atom is 0.415 e. The van der Waals surface area contributed by atoms with E-state index in [0.717, 1.165) is 22.4 Å². The number of hydrogen-bond acceptors (Lipinski definition) is 10. The first kappa shape index (κ1) is 44.8. The minimum Gasteiger partial charge on any atom is -0.491 e. The van der Waals surface area contributed by atoms with Crippen molar-refractivity contribution >= 4 is 41.3 Å². The molecule has 15 heteroatoms. The van der Waals surface area contributed by atoms with Crippen LogP contribution in [0.2, 0.25) is 0 Å². The summed E-state index contributed by atoms with van der Waals surface area (Å²) < 4.78 is 16.8. The molecule has 0 saturated heterocycles. The molecule has 2 aromatic rings. The van der Waals surface area contributed by atoms with Crippen LogP contribution in [0.4, 0.5) is 4.79 Å². The van der Waals surface area contributed by atoms with Crippen molar-refractivity contribution in [2.75, 3.05) is 47.0 Å². The Hall–Kier alpha value is -5.57. The Morgan fingerprint density at radius 3 is 2.11 bits per heavy atom. The zero-order chi connectivity index (χ0) is 41.4. The van der Waals surface area contributed by atoms with Gasteiger partial charge in [-0.1, -0.05) is 26.0 Å². The first-order valence-electron chi connectivity index (χ1n) is 18.7. The molecule has 0 aliphatic carbocycles. The van der Waals surface area contributed by atoms with E-state index in [1.807, 2.05) is 24.3 Å². The Morgan fingerprint density at radius 2 is 1.50 bits per heavy atom. The number of imide groups is 1. The lowest BCUT2D eigenvalue weighted by Crippen LogP contribution is -2.55. The molecule has 0 radical (unpaired) electrons. The molecule has 56 heavy (non-hydrogen) atoms. The summed E-state index contributed by atoms with van der Waals surface area (Å²) >= 11 is 0. The summed E-state index contributed by atoms with van der Waals surface area (Å²) in [5.41, 5.74) is 1.03. The lowest BCUT2D eigenvalue weighted by molar-refractivity contribution is -0.139. The number of carbonyl (C=O) groups is 6. The molecule has 1 aliphatic heterocycles. The van der Waals surface area contributed by atoms with E-state index in [4.69, 9.17) is 14.2 Å². The predicted octanol–water partition coefficient (Wildman–Crippen LogP) is 4.09. The van der Waals surface area contributed by atoms with Crippen LogP contribution >= 0.6 is 0 Å². The van der Waals surface area contributed by atoms with Gasteiger partial charge >= 0.3 is 6.09 Å². The molecular formula is C41H56N6O9. The van der Waals surface area contributed by atoms with Crippen LogP contribution in [0.1, 0.15) is 71.9 Å². The summed E-state index contributed by atoms with van der Waals surface area (Å²) in [6.07, 6.45) is 3.88. The van der Waals surface area contributed by atoms with E-state index in [1.165, 1.54) is 43.1 Å². The minimum absolute atomic E-state index is 0.000197.